The monoisotopic (exact) mass is 421 g/mol. The van der Waals surface area contributed by atoms with Crippen LogP contribution in [0, 0.1) is 5.92 Å². The average molecular weight is 422 g/mol. The maximum atomic E-state index is 13.0. The lowest BCUT2D eigenvalue weighted by atomic mass is 9.95. The lowest BCUT2D eigenvalue weighted by molar-refractivity contribution is 0.145. The fraction of sp³-hybridized carbons (Fsp3) is 0.474. The van der Waals surface area contributed by atoms with E-state index in [0.717, 1.165) is 31.7 Å². The Morgan fingerprint density at radius 1 is 1.24 bits per heavy atom. The highest BCUT2D eigenvalue weighted by Crippen LogP contribution is 2.26. The van der Waals surface area contributed by atoms with E-state index in [4.69, 9.17) is 5.73 Å². The Bertz CT molecular complexity index is 932. The first-order chi connectivity index (χ1) is 14.2. The third kappa shape index (κ3) is 4.81. The van der Waals surface area contributed by atoms with Crippen LogP contribution in [0.1, 0.15) is 31.4 Å². The van der Waals surface area contributed by atoms with E-state index in [1.807, 2.05) is 6.07 Å². The molecule has 4 rings (SSSR count). The summed E-state index contributed by atoms with van der Waals surface area (Å²) in [5, 5.41) is 0. The summed E-state index contributed by atoms with van der Waals surface area (Å²) in [6, 6.07) is 1.88. The minimum Gasteiger partial charge on any atom is -0.356 e. The van der Waals surface area contributed by atoms with Gasteiger partial charge in [-0.05, 0) is 44.0 Å². The molecule has 7 nitrogen and oxygen atoms in total. The number of nitrogens with zero attached hydrogens (tertiary/aromatic N) is 6. The fourth-order valence-corrected chi connectivity index (χ4v) is 3.58. The van der Waals surface area contributed by atoms with Crippen molar-refractivity contribution in [2.24, 2.45) is 11.7 Å². The maximum Gasteiger partial charge on any atom is 0.281 e. The van der Waals surface area contributed by atoms with Crippen LogP contribution in [0.15, 0.2) is 30.9 Å². The number of fused-ring (bicyclic) bond motifs is 1. The predicted octanol–water partition coefficient (Wildman–Crippen LogP) is 3.24. The molecule has 0 aromatic carbocycles. The maximum absolute atomic E-state index is 13.0. The highest BCUT2D eigenvalue weighted by molar-refractivity contribution is 7.79. The highest BCUT2D eigenvalue weighted by Gasteiger charge is 2.21. The zero-order chi connectivity index (χ0) is 20.8. The summed E-state index contributed by atoms with van der Waals surface area (Å²) in [6.07, 6.45) is 8.23. The van der Waals surface area contributed by atoms with Gasteiger partial charge in [-0.15, -0.1) is 0 Å². The third-order valence-corrected chi connectivity index (χ3v) is 4.93. The normalized spacial score (nSPS) is 16.8. The van der Waals surface area contributed by atoms with Gasteiger partial charge in [0.2, 0.25) is 0 Å². The summed E-state index contributed by atoms with van der Waals surface area (Å²) in [7, 11) is 0. The van der Waals surface area contributed by atoms with Gasteiger partial charge in [0.1, 0.15) is 17.2 Å². The third-order valence-electron chi connectivity index (χ3n) is 4.93. The number of alkyl halides is 2. The lowest BCUT2D eigenvalue weighted by Gasteiger charge is -2.33. The largest absolute Gasteiger partial charge is 0.356 e. The number of thiol groups is 1. The second-order valence-corrected chi connectivity index (χ2v) is 6.75. The van der Waals surface area contributed by atoms with Gasteiger partial charge in [-0.3, -0.25) is 4.40 Å². The van der Waals surface area contributed by atoms with Gasteiger partial charge in [0.05, 0.1) is 12.4 Å². The molecule has 2 N–H and O–H groups in total. The van der Waals surface area contributed by atoms with Gasteiger partial charge in [0.15, 0.2) is 11.5 Å². The van der Waals surface area contributed by atoms with Crippen LogP contribution in [-0.2, 0) is 0 Å². The molecule has 1 fully saturated rings. The molecule has 0 bridgehead atoms. The molecule has 4 heterocycles. The van der Waals surface area contributed by atoms with Crippen molar-refractivity contribution in [2.45, 2.75) is 25.7 Å². The summed E-state index contributed by atoms with van der Waals surface area (Å²) >= 11 is 3.53. The van der Waals surface area contributed by atoms with Crippen LogP contribution in [-0.4, -0.2) is 50.2 Å². The molecule has 0 spiro atoms. The molecule has 1 aliphatic rings. The number of hydrogen-bond donors (Lipinski definition) is 2. The molecule has 1 atom stereocenters. The number of piperidine rings is 1. The second-order valence-electron chi connectivity index (χ2n) is 6.75. The van der Waals surface area contributed by atoms with Crippen LogP contribution in [0.2, 0.25) is 0 Å². The molecule has 10 heteroatoms. The Hall–Kier alpha value is -2.33. The molecule has 0 radical (unpaired) electrons. The Morgan fingerprint density at radius 2 is 2.07 bits per heavy atom. The zero-order valence-corrected chi connectivity index (χ0v) is 17.1. The minimum absolute atomic E-state index is 0.307. The van der Waals surface area contributed by atoms with Crippen LogP contribution < -0.4 is 10.6 Å². The average Bonchev–Trinajstić information content (AvgIpc) is 3.19. The SMILES string of the molecule is CS.NCCC1CCCN(c2ccnc(-c3cnc4cnc(C(F)F)cn34)n2)C1. The van der Waals surface area contributed by atoms with Gasteiger partial charge in [-0.1, -0.05) is 0 Å². The lowest BCUT2D eigenvalue weighted by Crippen LogP contribution is -2.36. The van der Waals surface area contributed by atoms with Crippen LogP contribution in [0.5, 0.6) is 0 Å². The summed E-state index contributed by atoms with van der Waals surface area (Å²) in [6.45, 7) is 2.54. The molecule has 29 heavy (non-hydrogen) atoms. The van der Waals surface area contributed by atoms with Crippen molar-refractivity contribution in [1.29, 1.82) is 0 Å². The van der Waals surface area contributed by atoms with Crippen molar-refractivity contribution >= 4 is 24.1 Å². The summed E-state index contributed by atoms with van der Waals surface area (Å²) in [5.41, 5.74) is 6.44. The molecule has 1 saturated heterocycles. The number of halogens is 2. The number of aromatic nitrogens is 5. The van der Waals surface area contributed by atoms with E-state index in [-0.39, 0.29) is 5.69 Å². The van der Waals surface area contributed by atoms with Crippen molar-refractivity contribution in [3.8, 4) is 11.5 Å². The first-order valence-corrected chi connectivity index (χ1v) is 10.4. The molecule has 1 aliphatic heterocycles. The van der Waals surface area contributed by atoms with Gasteiger partial charge in [-0.25, -0.2) is 28.7 Å². The number of imidazole rings is 1. The summed E-state index contributed by atoms with van der Waals surface area (Å²) < 4.78 is 27.6. The van der Waals surface area contributed by atoms with Crippen molar-refractivity contribution in [2.75, 3.05) is 30.8 Å². The van der Waals surface area contributed by atoms with Gasteiger partial charge in [-0.2, -0.15) is 12.6 Å². The number of nitrogens with two attached hydrogens (primary N) is 1. The molecular weight excluding hydrogens is 396 g/mol. The topological polar surface area (TPSA) is 85.2 Å². The van der Waals surface area contributed by atoms with Crippen LogP contribution in [0.3, 0.4) is 0 Å². The molecule has 1 unspecified atom stereocenters. The fourth-order valence-electron chi connectivity index (χ4n) is 3.58. The first kappa shape index (κ1) is 21.4. The second kappa shape index (κ2) is 9.93. The highest BCUT2D eigenvalue weighted by atomic mass is 32.1. The van der Waals surface area contributed by atoms with Gasteiger partial charge >= 0.3 is 0 Å². The Balaban J connectivity index is 0.00000117. The molecule has 156 valence electrons. The van der Waals surface area contributed by atoms with Crippen molar-refractivity contribution < 1.29 is 8.78 Å². The van der Waals surface area contributed by atoms with E-state index in [9.17, 15) is 8.78 Å². The van der Waals surface area contributed by atoms with E-state index in [1.54, 1.807) is 23.1 Å². The van der Waals surface area contributed by atoms with Crippen LogP contribution >= 0.6 is 12.6 Å². The zero-order valence-electron chi connectivity index (χ0n) is 16.2. The molecule has 0 amide bonds. The van der Waals surface area contributed by atoms with E-state index >= 15 is 0 Å². The van der Waals surface area contributed by atoms with E-state index in [1.165, 1.54) is 18.8 Å². The standard InChI is InChI=1S/C18H21F2N7.CH4S/c19-17(20)13-11-27-14(8-24-16(27)9-23-13)18-22-6-4-15(25-18)26-7-1-2-12(10-26)3-5-21;1-2/h4,6,8-9,11-12,17H,1-3,5,7,10,21H2;2H,1H3. The molecular formula is C19H25F2N7S. The van der Waals surface area contributed by atoms with E-state index in [0.29, 0.717) is 29.6 Å². The Kier molecular flexibility index (Phi) is 7.32. The first-order valence-electron chi connectivity index (χ1n) is 9.50. The van der Waals surface area contributed by atoms with Crippen LogP contribution in [0.25, 0.3) is 17.2 Å². The minimum atomic E-state index is -2.65. The quantitative estimate of drug-likeness (QED) is 0.615. The molecule has 3 aromatic rings. The van der Waals surface area contributed by atoms with Crippen molar-refractivity contribution in [3.63, 3.8) is 0 Å². The summed E-state index contributed by atoms with van der Waals surface area (Å²) in [4.78, 5) is 19.2. The predicted molar refractivity (Wildman–Crippen MR) is 112 cm³/mol. The summed E-state index contributed by atoms with van der Waals surface area (Å²) in [5.74, 6) is 1.85. The Morgan fingerprint density at radius 3 is 2.83 bits per heavy atom. The smallest absolute Gasteiger partial charge is 0.281 e. The Labute approximate surface area is 173 Å². The molecule has 0 aliphatic carbocycles. The molecule has 0 saturated carbocycles. The van der Waals surface area contributed by atoms with Crippen LogP contribution in [0.4, 0.5) is 14.6 Å². The van der Waals surface area contributed by atoms with Crippen molar-refractivity contribution in [3.05, 3.63) is 36.5 Å². The van der Waals surface area contributed by atoms with E-state index < -0.39 is 6.43 Å². The number of rotatable bonds is 5. The van der Waals surface area contributed by atoms with Crippen molar-refractivity contribution in [1.82, 2.24) is 24.3 Å². The van der Waals surface area contributed by atoms with Gasteiger partial charge < -0.3 is 10.6 Å². The van der Waals surface area contributed by atoms with E-state index in [2.05, 4.69) is 37.5 Å². The van der Waals surface area contributed by atoms with Gasteiger partial charge in [0, 0.05) is 25.5 Å². The van der Waals surface area contributed by atoms with Gasteiger partial charge in [0.25, 0.3) is 6.43 Å². The number of hydrogen-bond acceptors (Lipinski definition) is 7. The molecule has 3 aromatic heterocycles. The number of anilines is 1.